The van der Waals surface area contributed by atoms with Crippen LogP contribution < -0.4 is 9.80 Å². The molecule has 86 heavy (non-hydrogen) atoms. The summed E-state index contributed by atoms with van der Waals surface area (Å²) in [5, 5.41) is 22.2. The fourth-order valence-electron chi connectivity index (χ4n) is 12.4. The number of carbonyl (C=O) groups excluding carboxylic acids is 1. The topological polar surface area (TPSA) is 124 Å². The molecule has 426 valence electrons. The first-order valence-electron chi connectivity index (χ1n) is 28.8. The van der Waals surface area contributed by atoms with Crippen LogP contribution in [0.4, 0.5) is 20.4 Å². The van der Waals surface area contributed by atoms with Gasteiger partial charge < -0.3 is 24.4 Å². The molecule has 0 amide bonds. The maximum absolute atomic E-state index is 15.6. The number of halogens is 2. The first kappa shape index (κ1) is 55.2. The number of pyridine rings is 2. The third kappa shape index (κ3) is 10.1. The Morgan fingerprint density at radius 3 is 1.12 bits per heavy atom. The molecule has 2 fully saturated rings. The Hall–Kier alpha value is -9.99. The molecule has 12 aromatic rings. The fraction of sp³-hybridized carbons (Fsp3) is 0.153. The number of aliphatic hydroxyl groups is 1. The zero-order valence-electron chi connectivity index (χ0n) is 47.0. The summed E-state index contributed by atoms with van der Waals surface area (Å²) < 4.78 is 46.1. The monoisotopic (exact) mass is 1140 g/mol. The molecule has 8 aromatic carbocycles. The van der Waals surface area contributed by atoms with Crippen molar-refractivity contribution in [2.45, 2.75) is 17.7 Å². The number of carbonyl (C=O) groups is 1. The van der Waals surface area contributed by atoms with Gasteiger partial charge in [0.05, 0.1) is 49.6 Å². The van der Waals surface area contributed by atoms with Gasteiger partial charge in [-0.3, -0.25) is 4.79 Å². The smallest absolute Gasteiger partial charge is 0.153 e. The summed E-state index contributed by atoms with van der Waals surface area (Å²) in [5.74, 6) is 0.589. The molecule has 2 saturated heterocycles. The normalized spacial score (nSPS) is 13.8. The average molecular weight is 1140 g/mol. The van der Waals surface area contributed by atoms with Crippen LogP contribution in [0.3, 0.4) is 0 Å². The van der Waals surface area contributed by atoms with Crippen LogP contribution in [0.5, 0.6) is 0 Å². The second kappa shape index (κ2) is 24.3. The SMILES string of the molecule is O=Cc1cc2c(-c3ccnc(N4CCOCC4)c3)nn(C(c3ccccc3)(c3ccccc3)c3ccccc3)c2cc1F.OCc1cc2c(-c3ccnc(N4CCOCC4)c3)nn(C(c3ccccc3)(c3ccccc3)c3ccccc3)c2cc1F. The second-order valence-electron chi connectivity index (χ2n) is 21.3. The number of hydrogen-bond acceptors (Lipinski definition) is 10. The van der Waals surface area contributed by atoms with Gasteiger partial charge in [0.15, 0.2) is 6.29 Å². The van der Waals surface area contributed by atoms with E-state index in [1.165, 1.54) is 12.1 Å². The predicted molar refractivity (Wildman–Crippen MR) is 332 cm³/mol. The zero-order chi connectivity index (χ0) is 58.5. The van der Waals surface area contributed by atoms with Gasteiger partial charge in [0.25, 0.3) is 0 Å². The van der Waals surface area contributed by atoms with Crippen molar-refractivity contribution in [2.24, 2.45) is 0 Å². The lowest BCUT2D eigenvalue weighted by Gasteiger charge is -2.37. The minimum Gasteiger partial charge on any atom is -0.392 e. The van der Waals surface area contributed by atoms with Gasteiger partial charge in [-0.1, -0.05) is 182 Å². The third-order valence-corrected chi connectivity index (χ3v) is 16.4. The van der Waals surface area contributed by atoms with Crippen molar-refractivity contribution in [1.82, 2.24) is 29.5 Å². The van der Waals surface area contributed by atoms with Gasteiger partial charge in [-0.2, -0.15) is 10.2 Å². The van der Waals surface area contributed by atoms with E-state index in [9.17, 15) is 9.90 Å². The molecule has 0 aliphatic carbocycles. The number of fused-ring (bicyclic) bond motifs is 2. The van der Waals surface area contributed by atoms with Crippen LogP contribution in [0.2, 0.25) is 0 Å². The van der Waals surface area contributed by atoms with Crippen molar-refractivity contribution in [3.8, 4) is 22.5 Å². The third-order valence-electron chi connectivity index (χ3n) is 16.4. The van der Waals surface area contributed by atoms with Crippen molar-refractivity contribution >= 4 is 39.7 Å². The summed E-state index contributed by atoms with van der Waals surface area (Å²) in [4.78, 5) is 25.6. The Kier molecular flexibility index (Phi) is 15.6. The number of aldehydes is 1. The Balaban J connectivity index is 0.000000160. The number of anilines is 2. The molecule has 2 aliphatic rings. The van der Waals surface area contributed by atoms with E-state index in [1.54, 1.807) is 24.5 Å². The Labute approximate surface area is 496 Å². The lowest BCUT2D eigenvalue weighted by molar-refractivity contribution is 0.111. The number of aromatic nitrogens is 6. The summed E-state index contributed by atoms with van der Waals surface area (Å²) in [7, 11) is 0. The van der Waals surface area contributed by atoms with Crippen LogP contribution in [0.1, 0.15) is 49.3 Å². The average Bonchev–Trinajstić information content (AvgIpc) is 1.48. The van der Waals surface area contributed by atoms with Crippen LogP contribution in [0.15, 0.2) is 243 Å². The molecule has 12 nitrogen and oxygen atoms in total. The highest BCUT2D eigenvalue weighted by atomic mass is 19.1. The van der Waals surface area contributed by atoms with Crippen molar-refractivity contribution in [2.75, 3.05) is 62.4 Å². The van der Waals surface area contributed by atoms with Gasteiger partial charge >= 0.3 is 0 Å². The molecule has 6 heterocycles. The number of ether oxygens (including phenoxy) is 2. The summed E-state index contributed by atoms with van der Waals surface area (Å²) in [6.07, 6.45) is 4.12. The first-order valence-corrected chi connectivity index (χ1v) is 28.8. The standard InChI is InChI=1S/C36H31FN4O2.C36H29FN4O2/c2*37-32-24-33-31(22-27(32)25-42)35(26-16-17-38-34(23-26)40-18-20-43-21-19-40)39-41(33)36(28-10-4-1-5-11-28,29-12-6-2-7-13-29)30-14-8-3-9-15-30/h1-17,22-24,42H,18-21,25H2;1-17,22-25H,18-21H2. The van der Waals surface area contributed by atoms with E-state index in [2.05, 4.69) is 92.6 Å². The maximum atomic E-state index is 15.6. The fourth-order valence-corrected chi connectivity index (χ4v) is 12.4. The van der Waals surface area contributed by atoms with E-state index < -0.39 is 29.3 Å². The molecule has 1 N–H and O–H groups in total. The molecule has 14 rings (SSSR count). The number of rotatable bonds is 14. The molecule has 0 radical (unpaired) electrons. The van der Waals surface area contributed by atoms with Gasteiger partial charge in [0, 0.05) is 78.2 Å². The lowest BCUT2D eigenvalue weighted by atomic mass is 9.77. The highest BCUT2D eigenvalue weighted by Gasteiger charge is 2.43. The van der Waals surface area contributed by atoms with Crippen molar-refractivity contribution in [1.29, 1.82) is 0 Å². The molecule has 0 bridgehead atoms. The Morgan fingerprint density at radius 1 is 0.442 bits per heavy atom. The van der Waals surface area contributed by atoms with Gasteiger partial charge in [0.2, 0.25) is 0 Å². The number of nitrogens with zero attached hydrogens (tertiary/aromatic N) is 8. The van der Waals surface area contributed by atoms with E-state index in [-0.39, 0.29) is 11.1 Å². The van der Waals surface area contributed by atoms with Gasteiger partial charge in [-0.05, 0) is 69.8 Å². The van der Waals surface area contributed by atoms with E-state index in [0.29, 0.717) is 60.5 Å². The molecular weight excluding hydrogens is 1080 g/mol. The summed E-state index contributed by atoms with van der Waals surface area (Å²) >= 11 is 0. The molecular formula is C72H60F2N8O4. The van der Waals surface area contributed by atoms with Crippen molar-refractivity contribution < 1.29 is 28.2 Å². The first-order chi connectivity index (χ1) is 42.4. The zero-order valence-corrected chi connectivity index (χ0v) is 47.0. The van der Waals surface area contributed by atoms with Crippen LogP contribution >= 0.6 is 0 Å². The Morgan fingerprint density at radius 2 is 0.779 bits per heavy atom. The summed E-state index contributed by atoms with van der Waals surface area (Å²) in [5.41, 5.74) is 8.36. The lowest BCUT2D eigenvalue weighted by Crippen LogP contribution is -2.38. The molecule has 0 saturated carbocycles. The molecule has 0 unspecified atom stereocenters. The molecule has 4 aromatic heterocycles. The predicted octanol–water partition coefficient (Wildman–Crippen LogP) is 13.1. The summed E-state index contributed by atoms with van der Waals surface area (Å²) in [6.45, 7) is 5.15. The van der Waals surface area contributed by atoms with Crippen LogP contribution in [-0.2, 0) is 27.2 Å². The number of hydrogen-bond donors (Lipinski definition) is 1. The molecule has 14 heteroatoms. The Bertz CT molecular complexity index is 4100. The molecule has 0 spiro atoms. The van der Waals surface area contributed by atoms with Gasteiger partial charge in [-0.25, -0.2) is 28.1 Å². The number of morpholine rings is 2. The highest BCUT2D eigenvalue weighted by Crippen LogP contribution is 2.47. The molecule has 2 aliphatic heterocycles. The van der Waals surface area contributed by atoms with Crippen LogP contribution in [0, 0.1) is 11.6 Å². The van der Waals surface area contributed by atoms with Crippen molar-refractivity contribution in [3.63, 3.8) is 0 Å². The van der Waals surface area contributed by atoms with E-state index >= 15 is 8.78 Å². The van der Waals surface area contributed by atoms with E-state index in [0.717, 1.165) is 87.7 Å². The highest BCUT2D eigenvalue weighted by molar-refractivity contribution is 5.98. The van der Waals surface area contributed by atoms with Gasteiger partial charge in [-0.15, -0.1) is 0 Å². The van der Waals surface area contributed by atoms with E-state index in [1.807, 2.05) is 143 Å². The van der Waals surface area contributed by atoms with Crippen molar-refractivity contribution in [3.05, 3.63) is 299 Å². The number of aliphatic hydroxyl groups excluding tert-OH is 1. The summed E-state index contributed by atoms with van der Waals surface area (Å²) in [6, 6.07) is 75.2. The van der Waals surface area contributed by atoms with Crippen LogP contribution in [0.25, 0.3) is 44.3 Å². The van der Waals surface area contributed by atoms with Gasteiger partial charge in [0.1, 0.15) is 45.7 Å². The molecule has 0 atom stereocenters. The number of benzene rings is 8. The van der Waals surface area contributed by atoms with Crippen LogP contribution in [-0.4, -0.2) is 93.5 Å². The maximum Gasteiger partial charge on any atom is 0.153 e. The minimum absolute atomic E-state index is 0.0134. The second-order valence-corrected chi connectivity index (χ2v) is 21.3. The minimum atomic E-state index is -0.963. The largest absolute Gasteiger partial charge is 0.392 e. The quantitative estimate of drug-likeness (QED) is 0.0831. The van der Waals surface area contributed by atoms with E-state index in [4.69, 9.17) is 19.7 Å².